The molecular weight excluding hydrogens is 462 g/mol. The van der Waals surface area contributed by atoms with E-state index in [1.807, 2.05) is 40.1 Å². The van der Waals surface area contributed by atoms with Gasteiger partial charge in [-0.2, -0.15) is 19.5 Å². The Labute approximate surface area is 206 Å². The highest BCUT2D eigenvalue weighted by Gasteiger charge is 2.37. The molecule has 2 amide bonds. The summed E-state index contributed by atoms with van der Waals surface area (Å²) in [4.78, 5) is 45.2. The van der Waals surface area contributed by atoms with Crippen molar-refractivity contribution in [2.45, 2.75) is 18.9 Å². The van der Waals surface area contributed by atoms with E-state index in [0.29, 0.717) is 62.2 Å². The van der Waals surface area contributed by atoms with Crippen LogP contribution in [-0.2, 0) is 4.79 Å². The standard InChI is InChI=1S/C24H25N9O3/c25-22-27-23(28-24-26-19(29-33(22)24)18-9-5-15-36-18)32-10-4-8-17(32)21(35)31-13-11-30(12-14-31)20(34)16-6-2-1-3-7-16/h1-3,5-7,9,15,17H,4,8,10-14H2,(H2,25,26,27,28,29)/t17-/m1/s1. The van der Waals surface area contributed by atoms with Crippen molar-refractivity contribution in [2.24, 2.45) is 0 Å². The number of benzene rings is 1. The highest BCUT2D eigenvalue weighted by Crippen LogP contribution is 2.26. The van der Waals surface area contributed by atoms with Crippen molar-refractivity contribution in [3.8, 4) is 11.6 Å². The number of carbonyl (C=O) groups is 2. The van der Waals surface area contributed by atoms with Crippen LogP contribution in [0.2, 0.25) is 0 Å². The third-order valence-corrected chi connectivity index (χ3v) is 6.66. The van der Waals surface area contributed by atoms with Gasteiger partial charge in [-0.15, -0.1) is 5.10 Å². The van der Waals surface area contributed by atoms with Crippen LogP contribution in [0.3, 0.4) is 0 Å². The third kappa shape index (κ3) is 3.89. The average molecular weight is 488 g/mol. The maximum Gasteiger partial charge on any atom is 0.259 e. The first-order chi connectivity index (χ1) is 17.6. The Morgan fingerprint density at radius 1 is 0.917 bits per heavy atom. The van der Waals surface area contributed by atoms with Crippen LogP contribution in [-0.4, -0.2) is 84.9 Å². The van der Waals surface area contributed by atoms with Crippen molar-refractivity contribution >= 4 is 29.5 Å². The molecule has 12 heteroatoms. The zero-order valence-corrected chi connectivity index (χ0v) is 19.5. The molecule has 6 rings (SSSR count). The lowest BCUT2D eigenvalue weighted by molar-refractivity contribution is -0.133. The second kappa shape index (κ2) is 8.95. The van der Waals surface area contributed by atoms with E-state index < -0.39 is 6.04 Å². The SMILES string of the molecule is Nc1nc(N2CCC[C@@H]2C(=O)N2CCN(C(=O)c3ccccc3)CC2)nc2nc(-c3ccco3)nn12. The Morgan fingerprint density at radius 3 is 2.44 bits per heavy atom. The number of carbonyl (C=O) groups excluding carboxylic acids is 2. The van der Waals surface area contributed by atoms with Crippen LogP contribution in [0.4, 0.5) is 11.9 Å². The quantitative estimate of drug-likeness (QED) is 0.451. The van der Waals surface area contributed by atoms with Gasteiger partial charge in [0.1, 0.15) is 6.04 Å². The normalized spacial score (nSPS) is 18.2. The number of amides is 2. The minimum atomic E-state index is -0.393. The van der Waals surface area contributed by atoms with E-state index in [4.69, 9.17) is 10.2 Å². The first kappa shape index (κ1) is 22.0. The summed E-state index contributed by atoms with van der Waals surface area (Å²) in [5.41, 5.74) is 6.83. The summed E-state index contributed by atoms with van der Waals surface area (Å²) in [6.07, 6.45) is 3.07. The second-order valence-corrected chi connectivity index (χ2v) is 8.84. The minimum absolute atomic E-state index is 0.00963. The molecule has 2 fully saturated rings. The maximum absolute atomic E-state index is 13.5. The van der Waals surface area contributed by atoms with E-state index in [-0.39, 0.29) is 23.5 Å². The molecule has 36 heavy (non-hydrogen) atoms. The smallest absolute Gasteiger partial charge is 0.259 e. The Balaban J connectivity index is 1.17. The predicted molar refractivity (Wildman–Crippen MR) is 130 cm³/mol. The summed E-state index contributed by atoms with van der Waals surface area (Å²) < 4.78 is 6.73. The molecule has 4 aromatic rings. The number of anilines is 2. The fraction of sp³-hybridized carbons (Fsp3) is 0.333. The fourth-order valence-electron chi connectivity index (χ4n) is 4.80. The largest absolute Gasteiger partial charge is 0.461 e. The van der Waals surface area contributed by atoms with Gasteiger partial charge in [-0.1, -0.05) is 18.2 Å². The number of piperazine rings is 1. The topological polar surface area (TPSA) is 139 Å². The lowest BCUT2D eigenvalue weighted by Crippen LogP contribution is -2.55. The summed E-state index contributed by atoms with van der Waals surface area (Å²) >= 11 is 0. The molecule has 5 heterocycles. The van der Waals surface area contributed by atoms with Gasteiger partial charge in [0, 0.05) is 38.3 Å². The number of nitrogens with two attached hydrogens (primary N) is 1. The van der Waals surface area contributed by atoms with E-state index in [9.17, 15) is 9.59 Å². The van der Waals surface area contributed by atoms with E-state index in [1.165, 1.54) is 4.52 Å². The van der Waals surface area contributed by atoms with Crippen LogP contribution < -0.4 is 10.6 Å². The molecule has 2 aliphatic rings. The van der Waals surface area contributed by atoms with Crippen LogP contribution in [0, 0.1) is 0 Å². The average Bonchev–Trinajstić information content (AvgIpc) is 3.69. The van der Waals surface area contributed by atoms with Gasteiger partial charge in [0.15, 0.2) is 5.76 Å². The lowest BCUT2D eigenvalue weighted by Gasteiger charge is -2.37. The number of hydrogen-bond donors (Lipinski definition) is 1. The summed E-state index contributed by atoms with van der Waals surface area (Å²) in [5, 5.41) is 4.33. The maximum atomic E-state index is 13.5. The molecule has 12 nitrogen and oxygen atoms in total. The van der Waals surface area contributed by atoms with Gasteiger partial charge in [-0.3, -0.25) is 9.59 Å². The molecule has 2 N–H and O–H groups in total. The number of nitrogens with zero attached hydrogens (tertiary/aromatic N) is 8. The Bertz CT molecular complexity index is 1400. The molecule has 0 unspecified atom stereocenters. The zero-order chi connectivity index (χ0) is 24.6. The van der Waals surface area contributed by atoms with Crippen LogP contribution in [0.15, 0.2) is 53.1 Å². The predicted octanol–water partition coefficient (Wildman–Crippen LogP) is 1.31. The van der Waals surface area contributed by atoms with Crippen molar-refractivity contribution in [1.29, 1.82) is 0 Å². The van der Waals surface area contributed by atoms with Gasteiger partial charge in [-0.25, -0.2) is 0 Å². The number of nitrogen functional groups attached to an aromatic ring is 1. The van der Waals surface area contributed by atoms with Crippen LogP contribution in [0.5, 0.6) is 0 Å². The lowest BCUT2D eigenvalue weighted by atomic mass is 10.1. The van der Waals surface area contributed by atoms with E-state index >= 15 is 0 Å². The summed E-state index contributed by atoms with van der Waals surface area (Å²) in [5.74, 6) is 1.63. The number of aromatic nitrogens is 5. The van der Waals surface area contributed by atoms with E-state index in [2.05, 4.69) is 20.1 Å². The molecule has 0 aliphatic carbocycles. The van der Waals surface area contributed by atoms with Crippen LogP contribution in [0.25, 0.3) is 17.4 Å². The van der Waals surface area contributed by atoms with Crippen molar-refractivity contribution in [1.82, 2.24) is 34.4 Å². The first-order valence-corrected chi connectivity index (χ1v) is 11.9. The van der Waals surface area contributed by atoms with Crippen LogP contribution >= 0.6 is 0 Å². The fourth-order valence-corrected chi connectivity index (χ4v) is 4.80. The highest BCUT2D eigenvalue weighted by atomic mass is 16.3. The Kier molecular flexibility index (Phi) is 5.47. The molecule has 2 aliphatic heterocycles. The Hall–Kier alpha value is -4.48. The van der Waals surface area contributed by atoms with Crippen LogP contribution in [0.1, 0.15) is 23.2 Å². The van der Waals surface area contributed by atoms with Gasteiger partial charge in [0.05, 0.1) is 6.26 Å². The Morgan fingerprint density at radius 2 is 1.69 bits per heavy atom. The first-order valence-electron chi connectivity index (χ1n) is 11.9. The zero-order valence-electron chi connectivity index (χ0n) is 19.5. The monoisotopic (exact) mass is 487 g/mol. The van der Waals surface area contributed by atoms with Gasteiger partial charge >= 0.3 is 0 Å². The molecule has 0 saturated carbocycles. The van der Waals surface area contributed by atoms with Crippen molar-refractivity contribution in [2.75, 3.05) is 43.4 Å². The minimum Gasteiger partial charge on any atom is -0.461 e. The summed E-state index contributed by atoms with van der Waals surface area (Å²) in [6.45, 7) is 2.60. The highest BCUT2D eigenvalue weighted by molar-refractivity contribution is 5.94. The number of rotatable bonds is 4. The number of furan rings is 1. The molecule has 0 bridgehead atoms. The molecule has 3 aromatic heterocycles. The molecule has 1 aromatic carbocycles. The molecular formula is C24H25N9O3. The van der Waals surface area contributed by atoms with Gasteiger partial charge in [0.2, 0.25) is 23.6 Å². The van der Waals surface area contributed by atoms with E-state index in [1.54, 1.807) is 23.3 Å². The molecule has 2 saturated heterocycles. The van der Waals surface area contributed by atoms with E-state index in [0.717, 1.165) is 6.42 Å². The van der Waals surface area contributed by atoms with Gasteiger partial charge in [0.25, 0.3) is 11.7 Å². The second-order valence-electron chi connectivity index (χ2n) is 8.84. The van der Waals surface area contributed by atoms with Gasteiger partial charge < -0.3 is 24.9 Å². The van der Waals surface area contributed by atoms with Crippen molar-refractivity contribution in [3.63, 3.8) is 0 Å². The molecule has 0 radical (unpaired) electrons. The summed E-state index contributed by atoms with van der Waals surface area (Å²) in [7, 11) is 0. The third-order valence-electron chi connectivity index (χ3n) is 6.66. The van der Waals surface area contributed by atoms with Crippen molar-refractivity contribution < 1.29 is 14.0 Å². The van der Waals surface area contributed by atoms with Crippen molar-refractivity contribution in [3.05, 3.63) is 54.3 Å². The molecule has 0 spiro atoms. The molecule has 184 valence electrons. The van der Waals surface area contributed by atoms with Gasteiger partial charge in [-0.05, 0) is 37.1 Å². The summed E-state index contributed by atoms with van der Waals surface area (Å²) in [6, 6.07) is 12.3. The number of fused-ring (bicyclic) bond motifs is 1. The molecule has 1 atom stereocenters. The number of hydrogen-bond acceptors (Lipinski definition) is 9.